The molecule has 2 heterocycles. The number of nitro benzene ring substituents is 1. The molecule has 150 valence electrons. The van der Waals surface area contributed by atoms with Gasteiger partial charge in [0, 0.05) is 18.5 Å². The molecular weight excluding hydrogens is 404 g/mol. The first-order chi connectivity index (χ1) is 14.6. The number of hydrogen-bond acceptors (Lipinski definition) is 7. The van der Waals surface area contributed by atoms with Crippen molar-refractivity contribution >= 4 is 38.3 Å². The summed E-state index contributed by atoms with van der Waals surface area (Å²) in [5, 5.41) is 11.9. The maximum atomic E-state index is 13.4. The Morgan fingerprint density at radius 3 is 2.77 bits per heavy atom. The SMILES string of the molecule is COc1ccc2nc(N(Cc3cccnc3)C(=O)c3ccccc3[N+](=O)[O-])sc2c1. The second-order valence-electron chi connectivity index (χ2n) is 6.36. The smallest absolute Gasteiger partial charge is 0.282 e. The number of para-hydroxylation sites is 1. The molecule has 0 atom stereocenters. The fourth-order valence-electron chi connectivity index (χ4n) is 2.99. The molecule has 0 saturated heterocycles. The van der Waals surface area contributed by atoms with Crippen molar-refractivity contribution < 1.29 is 14.5 Å². The van der Waals surface area contributed by atoms with Crippen molar-refractivity contribution in [2.75, 3.05) is 12.0 Å². The summed E-state index contributed by atoms with van der Waals surface area (Å²) in [6, 6.07) is 15.0. The molecule has 0 fully saturated rings. The molecule has 4 rings (SSSR count). The first-order valence-corrected chi connectivity index (χ1v) is 9.77. The molecule has 4 aromatic rings. The van der Waals surface area contributed by atoms with Crippen LogP contribution in [0.1, 0.15) is 15.9 Å². The van der Waals surface area contributed by atoms with E-state index in [0.717, 1.165) is 10.3 Å². The van der Waals surface area contributed by atoms with Crippen molar-refractivity contribution in [1.82, 2.24) is 9.97 Å². The molecule has 1 amide bonds. The number of rotatable bonds is 6. The van der Waals surface area contributed by atoms with Crippen molar-refractivity contribution in [2.24, 2.45) is 0 Å². The summed E-state index contributed by atoms with van der Waals surface area (Å²) in [5.74, 6) is 0.179. The van der Waals surface area contributed by atoms with Gasteiger partial charge in [0.15, 0.2) is 5.13 Å². The third-order valence-corrected chi connectivity index (χ3v) is 5.50. The minimum absolute atomic E-state index is 0.00299. The summed E-state index contributed by atoms with van der Waals surface area (Å²) >= 11 is 1.32. The van der Waals surface area contributed by atoms with Crippen LogP contribution in [0.3, 0.4) is 0 Å². The highest BCUT2D eigenvalue weighted by molar-refractivity contribution is 7.22. The largest absolute Gasteiger partial charge is 0.497 e. The van der Waals surface area contributed by atoms with Gasteiger partial charge in [-0.15, -0.1) is 0 Å². The number of carbonyl (C=O) groups excluding carboxylic acids is 1. The molecule has 0 radical (unpaired) electrons. The van der Waals surface area contributed by atoms with Gasteiger partial charge in [-0.3, -0.25) is 24.8 Å². The Bertz CT molecular complexity index is 1230. The van der Waals surface area contributed by atoms with E-state index in [0.29, 0.717) is 16.4 Å². The van der Waals surface area contributed by atoms with Crippen molar-refractivity contribution in [2.45, 2.75) is 6.54 Å². The van der Waals surface area contributed by atoms with Gasteiger partial charge in [0.05, 0.1) is 28.8 Å². The van der Waals surface area contributed by atoms with E-state index in [1.54, 1.807) is 37.7 Å². The number of benzene rings is 2. The number of aromatic nitrogens is 2. The predicted octanol–water partition coefficient (Wildman–Crippen LogP) is 4.46. The molecule has 2 aromatic heterocycles. The van der Waals surface area contributed by atoms with E-state index in [9.17, 15) is 14.9 Å². The number of nitro groups is 1. The Labute approximate surface area is 175 Å². The average Bonchev–Trinajstić information content (AvgIpc) is 3.20. The lowest BCUT2D eigenvalue weighted by Crippen LogP contribution is -2.31. The van der Waals surface area contributed by atoms with Gasteiger partial charge in [0.25, 0.3) is 11.6 Å². The number of ether oxygens (including phenoxy) is 1. The van der Waals surface area contributed by atoms with Gasteiger partial charge in [-0.05, 0) is 35.9 Å². The predicted molar refractivity (Wildman–Crippen MR) is 114 cm³/mol. The Morgan fingerprint density at radius 1 is 1.20 bits per heavy atom. The normalized spacial score (nSPS) is 10.7. The zero-order valence-electron chi connectivity index (χ0n) is 15.9. The van der Waals surface area contributed by atoms with Gasteiger partial charge in [-0.1, -0.05) is 29.5 Å². The summed E-state index contributed by atoms with van der Waals surface area (Å²) in [7, 11) is 1.58. The maximum Gasteiger partial charge on any atom is 0.282 e. The number of amides is 1. The molecule has 0 aliphatic carbocycles. The summed E-state index contributed by atoms with van der Waals surface area (Å²) in [4.78, 5) is 34.4. The monoisotopic (exact) mass is 420 g/mol. The Hall–Kier alpha value is -3.85. The lowest BCUT2D eigenvalue weighted by Gasteiger charge is -2.20. The van der Waals surface area contributed by atoms with Crippen molar-refractivity contribution in [1.29, 1.82) is 0 Å². The Kier molecular flexibility index (Phi) is 5.36. The van der Waals surface area contributed by atoms with Crippen LogP contribution in [0.5, 0.6) is 5.75 Å². The number of thiazole rings is 1. The third kappa shape index (κ3) is 3.83. The van der Waals surface area contributed by atoms with E-state index < -0.39 is 10.8 Å². The minimum Gasteiger partial charge on any atom is -0.497 e. The van der Waals surface area contributed by atoms with E-state index >= 15 is 0 Å². The molecular formula is C21H16N4O4S. The van der Waals surface area contributed by atoms with E-state index in [2.05, 4.69) is 9.97 Å². The Morgan fingerprint density at radius 2 is 2.03 bits per heavy atom. The molecule has 0 aliphatic rings. The van der Waals surface area contributed by atoms with Crippen LogP contribution in [0.25, 0.3) is 10.2 Å². The topological polar surface area (TPSA) is 98.5 Å². The highest BCUT2D eigenvalue weighted by Crippen LogP contribution is 2.33. The number of nitrogens with zero attached hydrogens (tertiary/aromatic N) is 4. The summed E-state index contributed by atoms with van der Waals surface area (Å²) < 4.78 is 6.11. The van der Waals surface area contributed by atoms with Crippen molar-refractivity contribution in [3.05, 3.63) is 88.2 Å². The van der Waals surface area contributed by atoms with Crippen LogP contribution in [0, 0.1) is 10.1 Å². The van der Waals surface area contributed by atoms with Crippen LogP contribution in [0.2, 0.25) is 0 Å². The van der Waals surface area contributed by atoms with Crippen LogP contribution in [0.15, 0.2) is 67.0 Å². The molecule has 0 bridgehead atoms. The molecule has 30 heavy (non-hydrogen) atoms. The number of fused-ring (bicyclic) bond motifs is 1. The van der Waals surface area contributed by atoms with Crippen LogP contribution in [-0.4, -0.2) is 27.9 Å². The van der Waals surface area contributed by atoms with E-state index in [1.807, 2.05) is 18.2 Å². The first kappa shape index (κ1) is 19.5. The van der Waals surface area contributed by atoms with E-state index in [-0.39, 0.29) is 17.8 Å². The molecule has 8 nitrogen and oxygen atoms in total. The maximum absolute atomic E-state index is 13.4. The zero-order valence-corrected chi connectivity index (χ0v) is 16.7. The fraction of sp³-hybridized carbons (Fsp3) is 0.0952. The molecule has 9 heteroatoms. The van der Waals surface area contributed by atoms with Gasteiger partial charge in [-0.2, -0.15) is 0 Å². The molecule has 0 N–H and O–H groups in total. The minimum atomic E-state index is -0.557. The van der Waals surface area contributed by atoms with Gasteiger partial charge >= 0.3 is 0 Å². The summed E-state index contributed by atoms with van der Waals surface area (Å²) in [6.45, 7) is 0.176. The quantitative estimate of drug-likeness (QED) is 0.337. The van der Waals surface area contributed by atoms with Crippen molar-refractivity contribution in [3.63, 3.8) is 0 Å². The van der Waals surface area contributed by atoms with Crippen molar-refractivity contribution in [3.8, 4) is 5.75 Å². The number of carbonyl (C=O) groups is 1. The summed E-state index contributed by atoms with van der Waals surface area (Å²) in [5.41, 5.74) is 1.24. The lowest BCUT2D eigenvalue weighted by molar-refractivity contribution is -0.385. The number of hydrogen-bond donors (Lipinski definition) is 0. The summed E-state index contributed by atoms with van der Waals surface area (Å²) in [6.07, 6.45) is 3.29. The fourth-order valence-corrected chi connectivity index (χ4v) is 3.99. The molecule has 0 unspecified atom stereocenters. The standard InChI is InChI=1S/C21H16N4O4S/c1-29-15-8-9-17-19(11-15)30-21(23-17)24(13-14-5-4-10-22-12-14)20(26)16-6-2-3-7-18(16)25(27)28/h2-12H,13H2,1H3. The van der Waals surface area contributed by atoms with Crippen LogP contribution in [0.4, 0.5) is 10.8 Å². The van der Waals surface area contributed by atoms with Gasteiger partial charge in [0.1, 0.15) is 11.3 Å². The highest BCUT2D eigenvalue weighted by atomic mass is 32.1. The number of anilines is 1. The van der Waals surface area contributed by atoms with Gasteiger partial charge in [0.2, 0.25) is 0 Å². The third-order valence-electron chi connectivity index (χ3n) is 4.46. The molecule has 0 saturated carbocycles. The van der Waals surface area contributed by atoms with Gasteiger partial charge < -0.3 is 4.74 Å². The second-order valence-corrected chi connectivity index (χ2v) is 7.37. The van der Waals surface area contributed by atoms with Crippen LogP contribution < -0.4 is 9.64 Å². The molecule has 0 spiro atoms. The lowest BCUT2D eigenvalue weighted by atomic mass is 10.1. The zero-order chi connectivity index (χ0) is 21.1. The second kappa shape index (κ2) is 8.26. The number of methoxy groups -OCH3 is 1. The molecule has 0 aliphatic heterocycles. The van der Waals surface area contributed by atoms with E-state index in [4.69, 9.17) is 4.74 Å². The van der Waals surface area contributed by atoms with E-state index in [1.165, 1.54) is 34.4 Å². The van der Waals surface area contributed by atoms with Gasteiger partial charge in [-0.25, -0.2) is 4.98 Å². The van der Waals surface area contributed by atoms with Crippen LogP contribution in [-0.2, 0) is 6.54 Å². The van der Waals surface area contributed by atoms with Crippen LogP contribution >= 0.6 is 11.3 Å². The Balaban J connectivity index is 1.81. The first-order valence-electron chi connectivity index (χ1n) is 8.95. The highest BCUT2D eigenvalue weighted by Gasteiger charge is 2.27. The number of pyridine rings is 1. The average molecular weight is 420 g/mol. The molecule has 2 aromatic carbocycles.